The number of ether oxygens (including phenoxy) is 2. The van der Waals surface area contributed by atoms with E-state index < -0.39 is 0 Å². The first-order valence-electron chi connectivity index (χ1n) is 10.4. The normalized spacial score (nSPS) is 17.4. The zero-order valence-corrected chi connectivity index (χ0v) is 18.8. The maximum atomic E-state index is 12.9. The summed E-state index contributed by atoms with van der Waals surface area (Å²) in [5.74, 6) is 2.23. The third-order valence-corrected chi connectivity index (χ3v) is 6.90. The highest BCUT2D eigenvalue weighted by Gasteiger charge is 2.25. The summed E-state index contributed by atoms with van der Waals surface area (Å²) in [7, 11) is 0. The molecule has 2 aromatic carbocycles. The van der Waals surface area contributed by atoms with Gasteiger partial charge in [0.25, 0.3) is 0 Å². The van der Waals surface area contributed by atoms with Crippen LogP contribution < -0.4 is 14.4 Å². The minimum Gasteiger partial charge on any atom is -0.489 e. The van der Waals surface area contributed by atoms with E-state index in [1.54, 1.807) is 11.8 Å². The fourth-order valence-corrected chi connectivity index (χ4v) is 4.93. The highest BCUT2D eigenvalue weighted by molar-refractivity contribution is 7.99. The number of thioether (sulfide) groups is 1. The first-order chi connectivity index (χ1) is 14.6. The second-order valence-corrected chi connectivity index (χ2v) is 9.29. The van der Waals surface area contributed by atoms with Crippen LogP contribution in [-0.2, 0) is 10.5 Å². The van der Waals surface area contributed by atoms with Crippen molar-refractivity contribution in [3.05, 3.63) is 53.1 Å². The summed E-state index contributed by atoms with van der Waals surface area (Å²) in [4.78, 5) is 17.2. The predicted octanol–water partition coefficient (Wildman–Crippen LogP) is 4.47. The lowest BCUT2D eigenvalue weighted by Crippen LogP contribution is -2.50. The van der Waals surface area contributed by atoms with Gasteiger partial charge in [-0.05, 0) is 36.8 Å². The number of halogens is 1. The van der Waals surface area contributed by atoms with Gasteiger partial charge in [0.2, 0.25) is 5.91 Å². The molecule has 0 aliphatic carbocycles. The minimum atomic E-state index is -0.108. The van der Waals surface area contributed by atoms with Crippen LogP contribution >= 0.6 is 23.4 Å². The fourth-order valence-electron chi connectivity index (χ4n) is 3.74. The monoisotopic (exact) mass is 446 g/mol. The van der Waals surface area contributed by atoms with Crippen molar-refractivity contribution in [2.24, 2.45) is 0 Å². The molecular weight excluding hydrogens is 420 g/mol. The number of carbonyl (C=O) groups excluding carboxylic acids is 1. The first kappa shape index (κ1) is 21.2. The van der Waals surface area contributed by atoms with E-state index in [1.165, 1.54) is 5.69 Å². The third kappa shape index (κ3) is 4.98. The van der Waals surface area contributed by atoms with Gasteiger partial charge < -0.3 is 19.3 Å². The van der Waals surface area contributed by atoms with Crippen LogP contribution in [0.4, 0.5) is 5.69 Å². The molecule has 1 fully saturated rings. The number of para-hydroxylation sites is 1. The van der Waals surface area contributed by atoms with Crippen molar-refractivity contribution < 1.29 is 14.3 Å². The third-order valence-electron chi connectivity index (χ3n) is 5.42. The molecule has 5 nitrogen and oxygen atoms in total. The molecule has 2 aromatic rings. The Morgan fingerprint density at radius 1 is 1.10 bits per heavy atom. The average molecular weight is 447 g/mol. The molecule has 0 spiro atoms. The number of piperazine rings is 1. The molecule has 30 heavy (non-hydrogen) atoms. The Morgan fingerprint density at radius 3 is 2.60 bits per heavy atom. The van der Waals surface area contributed by atoms with Crippen LogP contribution in [0, 0.1) is 0 Å². The number of benzene rings is 2. The van der Waals surface area contributed by atoms with E-state index in [2.05, 4.69) is 29.2 Å². The quantitative estimate of drug-likeness (QED) is 0.677. The van der Waals surface area contributed by atoms with Gasteiger partial charge >= 0.3 is 0 Å². The summed E-state index contributed by atoms with van der Waals surface area (Å²) in [6, 6.07) is 14.3. The zero-order valence-electron chi connectivity index (χ0n) is 17.2. The Kier molecular flexibility index (Phi) is 6.95. The molecule has 0 N–H and O–H groups in total. The van der Waals surface area contributed by atoms with Crippen LogP contribution in [0.25, 0.3) is 0 Å². The molecule has 0 bridgehead atoms. The van der Waals surface area contributed by atoms with E-state index in [-0.39, 0.29) is 11.2 Å². The van der Waals surface area contributed by atoms with Crippen molar-refractivity contribution >= 4 is 35.0 Å². The summed E-state index contributed by atoms with van der Waals surface area (Å²) in [6.07, 6.45) is 0.845. The summed E-state index contributed by atoms with van der Waals surface area (Å²) in [5.41, 5.74) is 2.26. The van der Waals surface area contributed by atoms with Gasteiger partial charge in [-0.25, -0.2) is 0 Å². The molecule has 1 amide bonds. The van der Waals surface area contributed by atoms with E-state index in [9.17, 15) is 4.79 Å². The van der Waals surface area contributed by atoms with E-state index >= 15 is 0 Å². The second kappa shape index (κ2) is 9.84. The minimum absolute atomic E-state index is 0.108. The lowest BCUT2D eigenvalue weighted by molar-refractivity contribution is -0.130. The number of fused-ring (bicyclic) bond motifs is 1. The van der Waals surface area contributed by atoms with Gasteiger partial charge in [-0.1, -0.05) is 29.8 Å². The molecular formula is C23H27ClN2O3S. The fraction of sp³-hybridized carbons (Fsp3) is 0.435. The molecule has 1 atom stereocenters. The van der Waals surface area contributed by atoms with Crippen LogP contribution in [0.2, 0.25) is 5.02 Å². The van der Waals surface area contributed by atoms with Crippen LogP contribution in [0.15, 0.2) is 42.5 Å². The molecule has 4 rings (SSSR count). The summed E-state index contributed by atoms with van der Waals surface area (Å²) in [6.45, 7) is 6.48. The van der Waals surface area contributed by atoms with Crippen molar-refractivity contribution in [2.75, 3.05) is 44.3 Å². The first-order valence-corrected chi connectivity index (χ1v) is 11.8. The summed E-state index contributed by atoms with van der Waals surface area (Å²) in [5, 5.41) is 0.462. The highest BCUT2D eigenvalue weighted by Crippen LogP contribution is 2.39. The lowest BCUT2D eigenvalue weighted by Gasteiger charge is -2.37. The molecule has 0 radical (unpaired) electrons. The molecule has 160 valence electrons. The Balaban J connectivity index is 1.30. The van der Waals surface area contributed by atoms with E-state index in [1.807, 2.05) is 30.0 Å². The van der Waals surface area contributed by atoms with Crippen molar-refractivity contribution in [3.8, 4) is 11.5 Å². The molecule has 7 heteroatoms. The van der Waals surface area contributed by atoms with Crippen molar-refractivity contribution in [1.29, 1.82) is 0 Å². The Bertz CT molecular complexity index is 872. The van der Waals surface area contributed by atoms with E-state index in [0.29, 0.717) is 35.5 Å². The number of nitrogens with zero attached hydrogens (tertiary/aromatic N) is 2. The van der Waals surface area contributed by atoms with Crippen molar-refractivity contribution in [3.63, 3.8) is 0 Å². The van der Waals surface area contributed by atoms with Crippen LogP contribution in [0.1, 0.15) is 18.9 Å². The van der Waals surface area contributed by atoms with Gasteiger partial charge in [0.15, 0.2) is 11.5 Å². The van der Waals surface area contributed by atoms with Gasteiger partial charge in [-0.2, -0.15) is 0 Å². The van der Waals surface area contributed by atoms with Gasteiger partial charge in [0.05, 0.1) is 23.5 Å². The number of carbonyl (C=O) groups is 1. The Morgan fingerprint density at radius 2 is 1.83 bits per heavy atom. The Hall–Kier alpha value is -2.05. The average Bonchev–Trinajstić information content (AvgIpc) is 3.04. The lowest BCUT2D eigenvalue weighted by atomic mass is 10.2. The van der Waals surface area contributed by atoms with E-state index in [0.717, 1.165) is 38.2 Å². The standard InChI is InChI=1S/C23H27ClN2O3S/c1-17(23(27)26-10-8-25(9-11-26)19-6-3-2-4-7-19)30-16-18-14-20(24)22-21(15-18)28-12-5-13-29-22/h2-4,6-7,14-15,17H,5,8-13,16H2,1H3. The number of anilines is 1. The van der Waals surface area contributed by atoms with Gasteiger partial charge in [-0.3, -0.25) is 4.79 Å². The molecule has 0 saturated carbocycles. The molecule has 1 saturated heterocycles. The van der Waals surface area contributed by atoms with Gasteiger partial charge in [0.1, 0.15) is 0 Å². The largest absolute Gasteiger partial charge is 0.489 e. The second-order valence-electron chi connectivity index (χ2n) is 7.56. The zero-order chi connectivity index (χ0) is 20.9. The van der Waals surface area contributed by atoms with Crippen molar-refractivity contribution in [2.45, 2.75) is 24.3 Å². The molecule has 2 heterocycles. The van der Waals surface area contributed by atoms with Crippen LogP contribution in [0.3, 0.4) is 0 Å². The number of hydrogen-bond acceptors (Lipinski definition) is 5. The molecule has 1 unspecified atom stereocenters. The molecule has 2 aliphatic rings. The maximum absolute atomic E-state index is 12.9. The molecule has 2 aliphatic heterocycles. The number of rotatable bonds is 5. The van der Waals surface area contributed by atoms with Crippen LogP contribution in [-0.4, -0.2) is 55.4 Å². The summed E-state index contributed by atoms with van der Waals surface area (Å²) >= 11 is 8.02. The molecule has 0 aromatic heterocycles. The maximum Gasteiger partial charge on any atom is 0.235 e. The highest BCUT2D eigenvalue weighted by atomic mass is 35.5. The summed E-state index contributed by atoms with van der Waals surface area (Å²) < 4.78 is 11.5. The van der Waals surface area contributed by atoms with Gasteiger partial charge in [-0.15, -0.1) is 11.8 Å². The smallest absolute Gasteiger partial charge is 0.235 e. The number of hydrogen-bond donors (Lipinski definition) is 0. The van der Waals surface area contributed by atoms with Crippen LogP contribution in [0.5, 0.6) is 11.5 Å². The Labute approximate surface area is 187 Å². The SMILES string of the molecule is CC(SCc1cc(Cl)c2c(c1)OCCCO2)C(=O)N1CCN(c2ccccc2)CC1. The van der Waals surface area contributed by atoms with E-state index in [4.69, 9.17) is 21.1 Å². The van der Waals surface area contributed by atoms with Crippen molar-refractivity contribution in [1.82, 2.24) is 4.90 Å². The van der Waals surface area contributed by atoms with Gasteiger partial charge in [0, 0.05) is 44.0 Å². The number of amides is 1. The topological polar surface area (TPSA) is 42.0 Å². The predicted molar refractivity (Wildman–Crippen MR) is 123 cm³/mol.